The number of nitrogens with zero attached hydrogens (tertiary/aromatic N) is 2. The Morgan fingerprint density at radius 3 is 2.58 bits per heavy atom. The summed E-state index contributed by atoms with van der Waals surface area (Å²) in [6.07, 6.45) is 2.44. The lowest BCUT2D eigenvalue weighted by molar-refractivity contribution is 0.561. The fourth-order valence-corrected chi connectivity index (χ4v) is 2.71. The average molecular weight is 366 g/mol. The molecule has 1 atom stereocenters. The summed E-state index contributed by atoms with van der Waals surface area (Å²) < 4.78 is 16.4. The molecule has 0 bridgehead atoms. The van der Waals surface area contributed by atoms with E-state index in [0.717, 1.165) is 5.56 Å². The summed E-state index contributed by atoms with van der Waals surface area (Å²) in [5.41, 5.74) is 2.05. The Balaban J connectivity index is 2.27. The molecule has 1 heterocycles. The van der Waals surface area contributed by atoms with Crippen LogP contribution in [0.25, 0.3) is 0 Å². The van der Waals surface area contributed by atoms with Crippen LogP contribution in [0.4, 0.5) is 0 Å². The molecule has 5 nitrogen and oxygen atoms in total. The molecule has 0 amide bonds. The van der Waals surface area contributed by atoms with Crippen molar-refractivity contribution >= 4 is 28.7 Å². The zero-order valence-corrected chi connectivity index (χ0v) is 15.4. The summed E-state index contributed by atoms with van der Waals surface area (Å²) in [5.74, 6) is 0. The van der Waals surface area contributed by atoms with Gasteiger partial charge in [-0.2, -0.15) is 0 Å². The molecule has 24 heavy (non-hydrogen) atoms. The van der Waals surface area contributed by atoms with Crippen LogP contribution < -0.4 is 5.56 Å². The van der Waals surface area contributed by atoms with Crippen LogP contribution in [-0.4, -0.2) is 25.0 Å². The van der Waals surface area contributed by atoms with Crippen molar-refractivity contribution in [1.82, 2.24) is 9.97 Å². The molecule has 0 aliphatic heterocycles. The predicted molar refractivity (Wildman–Crippen MR) is 99.1 cm³/mol. The van der Waals surface area contributed by atoms with Gasteiger partial charge in [-0.1, -0.05) is 28.1 Å². The number of rotatable bonds is 5. The van der Waals surface area contributed by atoms with Crippen molar-refractivity contribution in [2.45, 2.75) is 38.4 Å². The lowest BCUT2D eigenvalue weighted by Gasteiger charge is -2.19. The normalized spacial score (nSPS) is 13.8. The molecule has 2 rings (SSSR count). The predicted octanol–water partition coefficient (Wildman–Crippen LogP) is 3.31. The van der Waals surface area contributed by atoms with Gasteiger partial charge in [-0.3, -0.25) is 4.79 Å². The van der Waals surface area contributed by atoms with Crippen LogP contribution in [0.1, 0.15) is 38.4 Å². The van der Waals surface area contributed by atoms with Gasteiger partial charge in [0.15, 0.2) is 0 Å². The van der Waals surface area contributed by atoms with E-state index in [-0.39, 0.29) is 5.56 Å². The van der Waals surface area contributed by atoms with E-state index >= 15 is 0 Å². The van der Waals surface area contributed by atoms with Crippen LogP contribution in [-0.2, 0) is 17.8 Å². The van der Waals surface area contributed by atoms with Crippen LogP contribution in [0.2, 0.25) is 5.02 Å². The molecular formula is C17H20ClN3O2S. The highest BCUT2D eigenvalue weighted by Crippen LogP contribution is 2.20. The Hall–Kier alpha value is -1.63. The first kappa shape index (κ1) is 18.7. The third-order valence-corrected chi connectivity index (χ3v) is 4.93. The lowest BCUT2D eigenvalue weighted by Crippen LogP contribution is -2.27. The maximum absolute atomic E-state index is 12.4. The maximum atomic E-state index is 12.4. The largest absolute Gasteiger partial charge is 0.591 e. The Morgan fingerprint density at radius 1 is 1.33 bits per heavy atom. The van der Waals surface area contributed by atoms with E-state index in [0.29, 0.717) is 29.3 Å². The quantitative estimate of drug-likeness (QED) is 0.651. The van der Waals surface area contributed by atoms with E-state index < -0.39 is 16.1 Å². The molecular weight excluding hydrogens is 346 g/mol. The lowest BCUT2D eigenvalue weighted by atomic mass is 10.0. The summed E-state index contributed by atoms with van der Waals surface area (Å²) in [7, 11) is 0. The molecule has 0 spiro atoms. The van der Waals surface area contributed by atoms with Crippen molar-refractivity contribution in [3.63, 3.8) is 0 Å². The Morgan fingerprint density at radius 2 is 2.00 bits per heavy atom. The van der Waals surface area contributed by atoms with E-state index in [9.17, 15) is 9.35 Å². The van der Waals surface area contributed by atoms with Crippen LogP contribution in [0.5, 0.6) is 0 Å². The number of benzene rings is 1. The number of H-pyrrole nitrogens is 1. The number of hydrogen-bond donors (Lipinski definition) is 1. The molecule has 0 fully saturated rings. The van der Waals surface area contributed by atoms with E-state index in [1.807, 2.05) is 32.9 Å². The SMILES string of the molecule is CC(C)(C)[S+]([O-])N=C(CCc1cc(=O)[nH]cn1)c1ccc(Cl)cc1. The molecule has 7 heteroatoms. The summed E-state index contributed by atoms with van der Waals surface area (Å²) in [5, 5.41) is 0.631. The number of aromatic nitrogens is 2. The van der Waals surface area contributed by atoms with Gasteiger partial charge in [0.2, 0.25) is 0 Å². The minimum Gasteiger partial charge on any atom is -0.591 e. The Labute approximate surface area is 149 Å². The average Bonchev–Trinajstić information content (AvgIpc) is 2.51. The van der Waals surface area contributed by atoms with Crippen molar-refractivity contribution in [3.8, 4) is 0 Å². The first-order valence-electron chi connectivity index (χ1n) is 7.55. The highest BCUT2D eigenvalue weighted by Gasteiger charge is 2.27. The Bertz CT molecular complexity index is 766. The second-order valence-corrected chi connectivity index (χ2v) is 8.65. The van der Waals surface area contributed by atoms with Gasteiger partial charge in [0.05, 0.1) is 12.0 Å². The maximum Gasteiger partial charge on any atom is 0.250 e. The van der Waals surface area contributed by atoms with E-state index in [1.54, 1.807) is 12.1 Å². The van der Waals surface area contributed by atoms with E-state index in [1.165, 1.54) is 12.4 Å². The molecule has 0 radical (unpaired) electrons. The molecule has 0 saturated carbocycles. The first-order chi connectivity index (χ1) is 11.3. The van der Waals surface area contributed by atoms with Crippen molar-refractivity contribution in [1.29, 1.82) is 0 Å². The van der Waals surface area contributed by atoms with Gasteiger partial charge in [0, 0.05) is 28.8 Å². The molecule has 0 aliphatic rings. The second kappa shape index (κ2) is 7.96. The fraction of sp³-hybridized carbons (Fsp3) is 0.353. The monoisotopic (exact) mass is 365 g/mol. The zero-order valence-electron chi connectivity index (χ0n) is 13.9. The summed E-state index contributed by atoms with van der Waals surface area (Å²) in [6.45, 7) is 5.64. The standard InChI is InChI=1S/C17H20ClN3O2S/c1-17(2,3)24(23)21-15(12-4-6-13(18)7-5-12)9-8-14-10-16(22)20-11-19-14/h4-7,10-11H,8-9H2,1-3H3,(H,19,20,22). The van der Waals surface area contributed by atoms with Gasteiger partial charge >= 0.3 is 0 Å². The van der Waals surface area contributed by atoms with Crippen molar-refractivity contribution in [3.05, 3.63) is 63.3 Å². The van der Waals surface area contributed by atoms with E-state index in [4.69, 9.17) is 11.6 Å². The third kappa shape index (κ3) is 5.47. The van der Waals surface area contributed by atoms with Gasteiger partial charge in [0.25, 0.3) is 5.56 Å². The molecule has 2 aromatic rings. The van der Waals surface area contributed by atoms with Crippen LogP contribution in [0.15, 0.2) is 45.9 Å². The molecule has 0 saturated heterocycles. The topological polar surface area (TPSA) is 81.2 Å². The van der Waals surface area contributed by atoms with Crippen molar-refractivity contribution in [2.75, 3.05) is 0 Å². The highest BCUT2D eigenvalue weighted by atomic mass is 35.5. The van der Waals surface area contributed by atoms with Gasteiger partial charge in [-0.05, 0) is 39.3 Å². The smallest absolute Gasteiger partial charge is 0.250 e. The molecule has 1 aromatic heterocycles. The van der Waals surface area contributed by atoms with Crippen molar-refractivity contribution < 1.29 is 4.55 Å². The minimum absolute atomic E-state index is 0.191. The molecule has 0 aliphatic carbocycles. The number of aromatic amines is 1. The van der Waals surface area contributed by atoms with Gasteiger partial charge in [-0.15, -0.1) is 0 Å². The number of hydrogen-bond acceptors (Lipinski definition) is 4. The molecule has 1 N–H and O–H groups in total. The minimum atomic E-state index is -1.37. The summed E-state index contributed by atoms with van der Waals surface area (Å²) >= 11 is 4.57. The molecule has 1 unspecified atom stereocenters. The number of aryl methyl sites for hydroxylation is 1. The first-order valence-corrected chi connectivity index (χ1v) is 9.03. The number of halogens is 1. The summed E-state index contributed by atoms with van der Waals surface area (Å²) in [6, 6.07) is 8.72. The fourth-order valence-electron chi connectivity index (χ4n) is 1.91. The van der Waals surface area contributed by atoms with Crippen LogP contribution >= 0.6 is 11.6 Å². The summed E-state index contributed by atoms with van der Waals surface area (Å²) in [4.78, 5) is 18.0. The third-order valence-electron chi connectivity index (χ3n) is 3.25. The van der Waals surface area contributed by atoms with Gasteiger partial charge < -0.3 is 9.54 Å². The van der Waals surface area contributed by atoms with E-state index in [2.05, 4.69) is 14.4 Å². The molecule has 1 aromatic carbocycles. The Kier molecular flexibility index (Phi) is 6.21. The highest BCUT2D eigenvalue weighted by molar-refractivity contribution is 7.91. The van der Waals surface area contributed by atoms with Crippen LogP contribution in [0.3, 0.4) is 0 Å². The van der Waals surface area contributed by atoms with Gasteiger partial charge in [0.1, 0.15) is 16.1 Å². The second-order valence-electron chi connectivity index (χ2n) is 6.31. The van der Waals surface area contributed by atoms with Gasteiger partial charge in [-0.25, -0.2) is 4.98 Å². The zero-order chi connectivity index (χ0) is 17.7. The number of nitrogens with one attached hydrogen (secondary N) is 1. The van der Waals surface area contributed by atoms with Crippen molar-refractivity contribution in [2.24, 2.45) is 4.40 Å². The molecule has 128 valence electrons. The van der Waals surface area contributed by atoms with Crippen LogP contribution in [0, 0.1) is 0 Å².